The fourth-order valence-corrected chi connectivity index (χ4v) is 7.89. The highest BCUT2D eigenvalue weighted by atomic mass is 16.6. The predicted octanol–water partition coefficient (Wildman–Crippen LogP) is 2.53. The van der Waals surface area contributed by atoms with E-state index in [4.69, 9.17) is 4.74 Å². The van der Waals surface area contributed by atoms with Crippen molar-refractivity contribution < 1.29 is 24.5 Å². The molecule has 2 N–H and O–H groups in total. The van der Waals surface area contributed by atoms with Gasteiger partial charge < -0.3 is 14.9 Å². The molecule has 0 radical (unpaired) electrons. The van der Waals surface area contributed by atoms with Gasteiger partial charge in [0.15, 0.2) is 0 Å². The molecule has 1 aliphatic heterocycles. The summed E-state index contributed by atoms with van der Waals surface area (Å²) in [5, 5.41) is 21.2. The zero-order valence-electron chi connectivity index (χ0n) is 14.9. The molecule has 5 fully saturated rings. The molecule has 8 atom stereocenters. The summed E-state index contributed by atoms with van der Waals surface area (Å²) in [5.41, 5.74) is -2.09. The van der Waals surface area contributed by atoms with E-state index in [-0.39, 0.29) is 23.7 Å². The molecule has 0 amide bonds. The van der Waals surface area contributed by atoms with Crippen molar-refractivity contribution in [3.63, 3.8) is 0 Å². The molecule has 25 heavy (non-hydrogen) atoms. The van der Waals surface area contributed by atoms with Crippen molar-refractivity contribution in [2.45, 2.75) is 63.6 Å². The Balaban J connectivity index is 1.76. The third kappa shape index (κ3) is 1.41. The minimum absolute atomic E-state index is 0.0175. The Morgan fingerprint density at radius 2 is 2.04 bits per heavy atom. The minimum Gasteiger partial charge on any atom is -0.481 e. The first-order valence-corrected chi connectivity index (χ1v) is 9.49. The summed E-state index contributed by atoms with van der Waals surface area (Å²) in [6, 6.07) is 0. The van der Waals surface area contributed by atoms with Crippen molar-refractivity contribution in [2.75, 3.05) is 0 Å². The topological polar surface area (TPSA) is 83.8 Å². The van der Waals surface area contributed by atoms with Crippen LogP contribution in [-0.4, -0.2) is 33.4 Å². The average molecular weight is 346 g/mol. The normalized spacial score (nSPS) is 58.7. The number of esters is 1. The molecule has 4 bridgehead atoms. The number of fused-ring (bicyclic) bond motifs is 1. The van der Waals surface area contributed by atoms with E-state index in [0.717, 1.165) is 18.4 Å². The number of ether oxygens (including phenoxy) is 1. The number of carboxylic acids is 1. The fraction of sp³-hybridized carbons (Fsp3) is 0.800. The van der Waals surface area contributed by atoms with Gasteiger partial charge >= 0.3 is 11.9 Å². The van der Waals surface area contributed by atoms with Gasteiger partial charge in [-0.25, -0.2) is 0 Å². The molecule has 1 spiro atoms. The first-order chi connectivity index (χ1) is 11.6. The van der Waals surface area contributed by atoms with E-state index in [1.165, 1.54) is 0 Å². The summed E-state index contributed by atoms with van der Waals surface area (Å²) in [5.74, 6) is -1.86. The number of rotatable bonds is 1. The van der Waals surface area contributed by atoms with Crippen molar-refractivity contribution in [2.24, 2.45) is 34.5 Å². The number of hydrogen-bond donors (Lipinski definition) is 2. The van der Waals surface area contributed by atoms with Gasteiger partial charge in [-0.3, -0.25) is 9.59 Å². The lowest BCUT2D eigenvalue weighted by Gasteiger charge is -2.46. The van der Waals surface area contributed by atoms with Gasteiger partial charge in [-0.05, 0) is 62.4 Å². The summed E-state index contributed by atoms with van der Waals surface area (Å²) < 4.78 is 6.12. The van der Waals surface area contributed by atoms with Crippen LogP contribution in [0.3, 0.4) is 0 Å². The zero-order chi connectivity index (χ0) is 18.0. The Morgan fingerprint density at radius 3 is 2.72 bits per heavy atom. The van der Waals surface area contributed by atoms with Crippen molar-refractivity contribution >= 4 is 11.9 Å². The Bertz CT molecular complexity index is 730. The first-order valence-electron chi connectivity index (χ1n) is 9.49. The average Bonchev–Trinajstić information content (AvgIpc) is 2.95. The summed E-state index contributed by atoms with van der Waals surface area (Å²) in [7, 11) is 0. The first kappa shape index (κ1) is 15.9. The number of aliphatic carboxylic acids is 1. The third-order valence-electron chi connectivity index (χ3n) is 9.06. The summed E-state index contributed by atoms with van der Waals surface area (Å²) in [6.07, 6.45) is 3.96. The Hall–Kier alpha value is -1.36. The van der Waals surface area contributed by atoms with Crippen LogP contribution in [0.5, 0.6) is 0 Å². The third-order valence-corrected chi connectivity index (χ3v) is 9.06. The van der Waals surface area contributed by atoms with Gasteiger partial charge in [0.1, 0.15) is 5.60 Å². The van der Waals surface area contributed by atoms with Gasteiger partial charge in [0.05, 0.1) is 16.9 Å². The second kappa shape index (κ2) is 4.13. The van der Waals surface area contributed by atoms with Gasteiger partial charge in [0, 0.05) is 11.8 Å². The van der Waals surface area contributed by atoms with Gasteiger partial charge in [-0.15, -0.1) is 0 Å². The minimum atomic E-state index is -0.940. The van der Waals surface area contributed by atoms with Crippen LogP contribution in [0.15, 0.2) is 12.2 Å². The SMILES string of the molecule is C=C1C[C@]23C[C@@]1(O)CC[C@H]2[C@@]12CC[C@@H](C)[C@@](C)(C(=O)O1)[C@H]2[C@@H]3C(=O)O. The van der Waals surface area contributed by atoms with Crippen LogP contribution in [0.4, 0.5) is 0 Å². The molecule has 5 rings (SSSR count). The van der Waals surface area contributed by atoms with Crippen LogP contribution in [-0.2, 0) is 14.3 Å². The maximum atomic E-state index is 12.9. The molecule has 1 heterocycles. The molecule has 4 aliphatic carbocycles. The van der Waals surface area contributed by atoms with Gasteiger partial charge in [0.2, 0.25) is 0 Å². The molecule has 0 aromatic carbocycles. The maximum Gasteiger partial charge on any atom is 0.313 e. The second-order valence-electron chi connectivity index (χ2n) is 9.67. The number of carbonyl (C=O) groups excluding carboxylic acids is 1. The summed E-state index contributed by atoms with van der Waals surface area (Å²) in [6.45, 7) is 8.07. The molecule has 1 saturated heterocycles. The van der Waals surface area contributed by atoms with E-state index < -0.39 is 33.9 Å². The summed E-state index contributed by atoms with van der Waals surface area (Å²) in [4.78, 5) is 25.4. The van der Waals surface area contributed by atoms with Crippen molar-refractivity contribution in [1.82, 2.24) is 0 Å². The number of hydrogen-bond acceptors (Lipinski definition) is 4. The quantitative estimate of drug-likeness (QED) is 0.563. The zero-order valence-corrected chi connectivity index (χ0v) is 14.9. The molecular formula is C20H26O5. The Morgan fingerprint density at radius 1 is 1.32 bits per heavy atom. The van der Waals surface area contributed by atoms with Crippen LogP contribution in [0.2, 0.25) is 0 Å². The monoisotopic (exact) mass is 346 g/mol. The molecular weight excluding hydrogens is 320 g/mol. The summed E-state index contributed by atoms with van der Waals surface area (Å²) >= 11 is 0. The lowest BCUT2D eigenvalue weighted by molar-refractivity contribution is -0.163. The Labute approximate surface area is 147 Å². The van der Waals surface area contributed by atoms with Crippen molar-refractivity contribution in [1.29, 1.82) is 0 Å². The smallest absolute Gasteiger partial charge is 0.313 e. The molecule has 5 heteroatoms. The highest BCUT2D eigenvalue weighted by Crippen LogP contribution is 2.79. The number of aliphatic hydroxyl groups is 1. The lowest BCUT2D eigenvalue weighted by atomic mass is 9.56. The molecule has 5 aliphatic rings. The van der Waals surface area contributed by atoms with E-state index in [1.807, 2.05) is 6.92 Å². The van der Waals surface area contributed by atoms with Gasteiger partial charge in [0.25, 0.3) is 0 Å². The maximum absolute atomic E-state index is 12.9. The Kier molecular flexibility index (Phi) is 2.62. The molecule has 0 aromatic rings. The van der Waals surface area contributed by atoms with Gasteiger partial charge in [-0.2, -0.15) is 0 Å². The van der Waals surface area contributed by atoms with Crippen LogP contribution in [0.25, 0.3) is 0 Å². The van der Waals surface area contributed by atoms with Crippen LogP contribution >= 0.6 is 0 Å². The van der Waals surface area contributed by atoms with E-state index in [0.29, 0.717) is 25.7 Å². The van der Waals surface area contributed by atoms with E-state index in [1.54, 1.807) is 0 Å². The van der Waals surface area contributed by atoms with Crippen LogP contribution in [0.1, 0.15) is 52.4 Å². The fourth-order valence-electron chi connectivity index (χ4n) is 7.89. The second-order valence-corrected chi connectivity index (χ2v) is 9.67. The molecule has 5 nitrogen and oxygen atoms in total. The van der Waals surface area contributed by atoms with Crippen molar-refractivity contribution in [3.8, 4) is 0 Å². The number of carbonyl (C=O) groups is 2. The highest BCUT2D eigenvalue weighted by molar-refractivity contribution is 5.85. The highest BCUT2D eigenvalue weighted by Gasteiger charge is 2.83. The predicted molar refractivity (Wildman–Crippen MR) is 88.4 cm³/mol. The molecule has 0 unspecified atom stereocenters. The van der Waals surface area contributed by atoms with Crippen LogP contribution in [0, 0.1) is 34.5 Å². The van der Waals surface area contributed by atoms with E-state index >= 15 is 0 Å². The lowest BCUT2D eigenvalue weighted by Crippen LogP contribution is -2.50. The molecule has 136 valence electrons. The van der Waals surface area contributed by atoms with E-state index in [9.17, 15) is 19.8 Å². The molecule has 0 aromatic heterocycles. The van der Waals surface area contributed by atoms with E-state index in [2.05, 4.69) is 13.5 Å². The van der Waals surface area contributed by atoms with Crippen molar-refractivity contribution in [3.05, 3.63) is 12.2 Å². The standard InChI is InChI=1S/C20H26O5/c1-10-4-7-20-12-5-6-19(24)9-18(12,8-11(19)2)13(15(21)22)14(20)17(10,3)16(23)25-20/h10,12-14,24H,2,4-9H2,1,3H3,(H,21,22)/t10-,12-,13-,14-,17-,18+,19+,20-/m1/s1. The van der Waals surface area contributed by atoms with Crippen LogP contribution < -0.4 is 0 Å². The number of carboxylic acid groups (broad SMARTS) is 1. The molecule has 4 saturated carbocycles. The van der Waals surface area contributed by atoms with Gasteiger partial charge in [-0.1, -0.05) is 13.5 Å². The largest absolute Gasteiger partial charge is 0.481 e.